The van der Waals surface area contributed by atoms with Gasteiger partial charge in [-0.1, -0.05) is 17.3 Å². The van der Waals surface area contributed by atoms with E-state index in [4.69, 9.17) is 4.52 Å². The molecule has 0 amide bonds. The van der Waals surface area contributed by atoms with Gasteiger partial charge in [0.1, 0.15) is 5.82 Å². The lowest BCUT2D eigenvalue weighted by Gasteiger charge is -2.01. The number of benzene rings is 1. The molecule has 1 atom stereocenters. The van der Waals surface area contributed by atoms with E-state index in [9.17, 15) is 4.39 Å². The van der Waals surface area contributed by atoms with Crippen LogP contribution in [-0.4, -0.2) is 16.7 Å². The quantitative estimate of drug-likeness (QED) is 0.864. The first-order valence-corrected chi connectivity index (χ1v) is 5.66. The van der Waals surface area contributed by atoms with Crippen molar-refractivity contribution in [2.24, 2.45) is 0 Å². The van der Waals surface area contributed by atoms with Crippen LogP contribution in [0.25, 0.3) is 11.5 Å². The maximum atomic E-state index is 13.5. The van der Waals surface area contributed by atoms with Crippen LogP contribution in [0.5, 0.6) is 0 Å². The summed E-state index contributed by atoms with van der Waals surface area (Å²) in [4.78, 5) is 4.24. The summed E-state index contributed by atoms with van der Waals surface area (Å²) in [6, 6.07) is 6.53. The lowest BCUT2D eigenvalue weighted by molar-refractivity contribution is 0.410. The maximum Gasteiger partial charge on any atom is 0.260 e. The normalized spacial score (nSPS) is 19.7. The summed E-state index contributed by atoms with van der Waals surface area (Å²) in [6.07, 6.45) is 2.10. The second-order valence-corrected chi connectivity index (χ2v) is 4.09. The van der Waals surface area contributed by atoms with Gasteiger partial charge in [0.25, 0.3) is 5.89 Å². The summed E-state index contributed by atoms with van der Waals surface area (Å²) in [7, 11) is 0. The SMILES string of the molecule is Fc1ccccc1-c1nc([C@H]2CCCN2)no1. The molecule has 0 bridgehead atoms. The van der Waals surface area contributed by atoms with Crippen molar-refractivity contribution in [2.75, 3.05) is 6.54 Å². The number of halogens is 1. The Kier molecular flexibility index (Phi) is 2.60. The van der Waals surface area contributed by atoms with Gasteiger partial charge >= 0.3 is 0 Å². The molecule has 1 N–H and O–H groups in total. The fourth-order valence-corrected chi connectivity index (χ4v) is 2.03. The Morgan fingerprint density at radius 3 is 3.00 bits per heavy atom. The lowest BCUT2D eigenvalue weighted by Crippen LogP contribution is -2.14. The molecule has 2 aromatic rings. The first-order valence-electron chi connectivity index (χ1n) is 5.66. The van der Waals surface area contributed by atoms with Crippen LogP contribution in [0.4, 0.5) is 4.39 Å². The molecule has 1 aromatic heterocycles. The van der Waals surface area contributed by atoms with Gasteiger partial charge in [0, 0.05) is 0 Å². The predicted octanol–water partition coefficient (Wildman–Crippen LogP) is 2.30. The van der Waals surface area contributed by atoms with Crippen molar-refractivity contribution in [3.63, 3.8) is 0 Å². The van der Waals surface area contributed by atoms with E-state index < -0.39 is 0 Å². The van der Waals surface area contributed by atoms with Crippen molar-refractivity contribution in [3.05, 3.63) is 35.9 Å². The van der Waals surface area contributed by atoms with Gasteiger partial charge in [-0.05, 0) is 31.5 Å². The molecule has 88 valence electrons. The standard InChI is InChI=1S/C12H12FN3O/c13-9-5-2-1-4-8(9)12-15-11(16-17-12)10-6-3-7-14-10/h1-2,4-5,10,14H,3,6-7H2/t10-/m1/s1. The fourth-order valence-electron chi connectivity index (χ4n) is 2.03. The highest BCUT2D eigenvalue weighted by Crippen LogP contribution is 2.25. The molecule has 0 unspecified atom stereocenters. The highest BCUT2D eigenvalue weighted by atomic mass is 19.1. The van der Waals surface area contributed by atoms with Gasteiger partial charge in [-0.25, -0.2) is 4.39 Å². The molecular formula is C12H12FN3O. The zero-order valence-corrected chi connectivity index (χ0v) is 9.19. The summed E-state index contributed by atoms with van der Waals surface area (Å²) in [5.41, 5.74) is 0.351. The highest BCUT2D eigenvalue weighted by molar-refractivity contribution is 5.53. The van der Waals surface area contributed by atoms with E-state index in [2.05, 4.69) is 15.5 Å². The average molecular weight is 233 g/mol. The van der Waals surface area contributed by atoms with Crippen molar-refractivity contribution in [1.29, 1.82) is 0 Å². The second-order valence-electron chi connectivity index (χ2n) is 4.09. The number of nitrogens with zero attached hydrogens (tertiary/aromatic N) is 2. The van der Waals surface area contributed by atoms with Crippen LogP contribution < -0.4 is 5.32 Å². The molecule has 17 heavy (non-hydrogen) atoms. The minimum Gasteiger partial charge on any atom is -0.334 e. The molecule has 3 rings (SSSR count). The summed E-state index contributed by atoms with van der Waals surface area (Å²) in [5.74, 6) is 0.509. The molecule has 0 radical (unpaired) electrons. The van der Waals surface area contributed by atoms with Crippen LogP contribution in [0, 0.1) is 5.82 Å². The third-order valence-corrected chi connectivity index (χ3v) is 2.92. The third-order valence-electron chi connectivity index (χ3n) is 2.92. The Labute approximate surface area is 97.8 Å². The largest absolute Gasteiger partial charge is 0.334 e. The van der Waals surface area contributed by atoms with Crippen LogP contribution in [0.3, 0.4) is 0 Å². The van der Waals surface area contributed by atoms with Gasteiger partial charge in [0.15, 0.2) is 5.82 Å². The van der Waals surface area contributed by atoms with Crippen molar-refractivity contribution in [2.45, 2.75) is 18.9 Å². The topological polar surface area (TPSA) is 51.0 Å². The summed E-state index contributed by atoms with van der Waals surface area (Å²) < 4.78 is 18.6. The Hall–Kier alpha value is -1.75. The van der Waals surface area contributed by atoms with Crippen LogP contribution >= 0.6 is 0 Å². The van der Waals surface area contributed by atoms with E-state index in [1.54, 1.807) is 18.2 Å². The molecule has 1 aliphatic rings. The van der Waals surface area contributed by atoms with E-state index in [0.717, 1.165) is 19.4 Å². The zero-order valence-electron chi connectivity index (χ0n) is 9.19. The molecule has 0 spiro atoms. The smallest absolute Gasteiger partial charge is 0.260 e. The Balaban J connectivity index is 1.92. The van der Waals surface area contributed by atoms with Crippen molar-refractivity contribution in [3.8, 4) is 11.5 Å². The number of hydrogen-bond acceptors (Lipinski definition) is 4. The van der Waals surface area contributed by atoms with E-state index >= 15 is 0 Å². The maximum absolute atomic E-state index is 13.5. The molecule has 1 fully saturated rings. The van der Waals surface area contributed by atoms with Crippen molar-refractivity contribution in [1.82, 2.24) is 15.5 Å². The highest BCUT2D eigenvalue weighted by Gasteiger charge is 2.22. The monoisotopic (exact) mass is 233 g/mol. The van der Waals surface area contributed by atoms with E-state index in [1.807, 2.05) is 0 Å². The second kappa shape index (κ2) is 4.25. The molecule has 0 saturated carbocycles. The summed E-state index contributed by atoms with van der Waals surface area (Å²) in [6.45, 7) is 0.967. The molecule has 1 aliphatic heterocycles. The van der Waals surface area contributed by atoms with Gasteiger partial charge < -0.3 is 9.84 Å². The minimum atomic E-state index is -0.345. The number of hydrogen-bond donors (Lipinski definition) is 1. The average Bonchev–Trinajstić information content (AvgIpc) is 3.00. The first kappa shape index (κ1) is 10.4. The third kappa shape index (κ3) is 1.93. The van der Waals surface area contributed by atoms with Crippen LogP contribution in [-0.2, 0) is 0 Å². The fraction of sp³-hybridized carbons (Fsp3) is 0.333. The molecular weight excluding hydrogens is 221 g/mol. The molecule has 1 aromatic carbocycles. The number of aromatic nitrogens is 2. The molecule has 5 heteroatoms. The number of nitrogens with one attached hydrogen (secondary N) is 1. The molecule has 1 saturated heterocycles. The van der Waals surface area contributed by atoms with Gasteiger partial charge in [0.05, 0.1) is 11.6 Å². The van der Waals surface area contributed by atoms with Crippen LogP contribution in [0.2, 0.25) is 0 Å². The van der Waals surface area contributed by atoms with E-state index in [-0.39, 0.29) is 17.7 Å². The molecule has 0 aliphatic carbocycles. The number of rotatable bonds is 2. The van der Waals surface area contributed by atoms with Crippen molar-refractivity contribution < 1.29 is 8.91 Å². The Morgan fingerprint density at radius 2 is 2.24 bits per heavy atom. The summed E-state index contributed by atoms with van der Waals surface area (Å²) in [5, 5.41) is 7.17. The van der Waals surface area contributed by atoms with E-state index in [0.29, 0.717) is 11.4 Å². The van der Waals surface area contributed by atoms with Gasteiger partial charge in [-0.2, -0.15) is 4.98 Å². The van der Waals surface area contributed by atoms with Crippen LogP contribution in [0.15, 0.2) is 28.8 Å². The van der Waals surface area contributed by atoms with Gasteiger partial charge in [0.2, 0.25) is 0 Å². The Bertz CT molecular complexity index is 520. The van der Waals surface area contributed by atoms with Gasteiger partial charge in [-0.3, -0.25) is 0 Å². The minimum absolute atomic E-state index is 0.138. The van der Waals surface area contributed by atoms with E-state index in [1.165, 1.54) is 6.07 Å². The Morgan fingerprint density at radius 1 is 1.35 bits per heavy atom. The first-order chi connectivity index (χ1) is 8.34. The van der Waals surface area contributed by atoms with Crippen molar-refractivity contribution >= 4 is 0 Å². The summed E-state index contributed by atoms with van der Waals surface area (Å²) >= 11 is 0. The predicted molar refractivity (Wildman–Crippen MR) is 59.7 cm³/mol. The molecule has 2 heterocycles. The zero-order chi connectivity index (χ0) is 11.7. The van der Waals surface area contributed by atoms with Gasteiger partial charge in [-0.15, -0.1) is 0 Å². The lowest BCUT2D eigenvalue weighted by atomic mass is 10.2. The molecule has 4 nitrogen and oxygen atoms in total. The van der Waals surface area contributed by atoms with Crippen LogP contribution in [0.1, 0.15) is 24.7 Å².